The van der Waals surface area contributed by atoms with E-state index in [-0.39, 0.29) is 55.6 Å². The van der Waals surface area contributed by atoms with Crippen molar-refractivity contribution in [3.05, 3.63) is 66.2 Å². The third kappa shape index (κ3) is 5.14. The summed E-state index contributed by atoms with van der Waals surface area (Å²) in [6.07, 6.45) is 0.490. The van der Waals surface area contributed by atoms with Crippen LogP contribution in [-0.2, 0) is 26.0 Å². The Hall–Kier alpha value is -2.32. The van der Waals surface area contributed by atoms with E-state index < -0.39 is 28.7 Å². The molecule has 2 aliphatic heterocycles. The summed E-state index contributed by atoms with van der Waals surface area (Å²) in [6.45, 7) is 4.80. The molecule has 188 valence electrons. The van der Waals surface area contributed by atoms with Crippen molar-refractivity contribution >= 4 is 28.7 Å². The summed E-state index contributed by atoms with van der Waals surface area (Å²) in [7, 11) is -6.67. The van der Waals surface area contributed by atoms with Gasteiger partial charge in [0.25, 0.3) is 0 Å². The van der Waals surface area contributed by atoms with Crippen molar-refractivity contribution in [3.63, 3.8) is 0 Å². The number of ether oxygens (including phenoxy) is 2. The van der Waals surface area contributed by atoms with Crippen LogP contribution in [-0.4, -0.2) is 79.8 Å². The molecule has 8 nitrogen and oxygen atoms in total. The van der Waals surface area contributed by atoms with Crippen LogP contribution in [0.5, 0.6) is 0 Å². The highest BCUT2D eigenvalue weighted by Crippen LogP contribution is 2.66. The van der Waals surface area contributed by atoms with Gasteiger partial charge < -0.3 is 9.47 Å². The van der Waals surface area contributed by atoms with E-state index in [1.165, 1.54) is 4.31 Å². The maximum absolute atomic E-state index is 13.5. The van der Waals surface area contributed by atoms with E-state index in [2.05, 4.69) is 4.90 Å². The quantitative estimate of drug-likeness (QED) is 0.481. The van der Waals surface area contributed by atoms with Gasteiger partial charge in [-0.2, -0.15) is 4.31 Å². The lowest BCUT2D eigenvalue weighted by molar-refractivity contribution is 0.0649. The topological polar surface area (TPSA) is 93.2 Å². The third-order valence-electron chi connectivity index (χ3n) is 6.64. The van der Waals surface area contributed by atoms with Gasteiger partial charge in [-0.25, -0.2) is 18.0 Å². The number of rotatable bonds is 8. The summed E-state index contributed by atoms with van der Waals surface area (Å²) in [4.78, 5) is 28.9. The SMILES string of the molecule is CCOC(=O)[P+]1(C(=O)OCC)CC2CN(S(=O)(=O)c3ccccc3)CC(C1)N2Cc1ccccc1. The number of nitrogens with zero attached hydrogens (tertiary/aromatic N) is 2. The van der Waals surface area contributed by atoms with Crippen LogP contribution in [0.1, 0.15) is 19.4 Å². The molecular weight excluding hydrogens is 487 g/mol. The Morgan fingerprint density at radius 2 is 1.34 bits per heavy atom. The highest BCUT2D eigenvalue weighted by molar-refractivity contribution is 8.03. The largest absolute Gasteiger partial charge is 0.463 e. The zero-order valence-corrected chi connectivity index (χ0v) is 21.8. The number of carbonyl (C=O) groups is 2. The van der Waals surface area contributed by atoms with Gasteiger partial charge in [-0.3, -0.25) is 4.90 Å². The number of sulfonamides is 1. The molecule has 2 aromatic rings. The van der Waals surface area contributed by atoms with Crippen LogP contribution in [0.15, 0.2) is 65.6 Å². The summed E-state index contributed by atoms with van der Waals surface area (Å²) in [5.74, 6) is 0. The predicted octanol–water partition coefficient (Wildman–Crippen LogP) is 4.27. The van der Waals surface area contributed by atoms with E-state index in [1.807, 2.05) is 30.3 Å². The fourth-order valence-corrected chi connectivity index (χ4v) is 10.3. The summed E-state index contributed by atoms with van der Waals surface area (Å²) in [6, 6.07) is 17.7. The van der Waals surface area contributed by atoms with Gasteiger partial charge in [0.05, 0.1) is 42.5 Å². The Bertz CT molecular complexity index is 1110. The average molecular weight is 520 g/mol. The molecule has 2 bridgehead atoms. The standard InChI is InChI=1S/C25H32N2O6PS/c1-3-32-24(28)34(25(29)33-4-2)18-21-16-26(35(30,31)23-13-9-6-10-14-23)17-22(19-34)27(21)15-20-11-7-5-8-12-20/h5-14,21-22H,3-4,15-19H2,1-2H3/q+1. The molecule has 0 aromatic heterocycles. The van der Waals surface area contributed by atoms with Crippen LogP contribution in [0, 0.1) is 0 Å². The Morgan fingerprint density at radius 1 is 0.857 bits per heavy atom. The molecule has 2 heterocycles. The number of benzene rings is 2. The molecule has 2 fully saturated rings. The van der Waals surface area contributed by atoms with Gasteiger partial charge in [-0.1, -0.05) is 48.5 Å². The van der Waals surface area contributed by atoms with Crippen LogP contribution in [0.25, 0.3) is 0 Å². The number of hydrogen-bond donors (Lipinski definition) is 0. The smallest absolute Gasteiger partial charge is 0.436 e. The fourth-order valence-electron chi connectivity index (χ4n) is 5.03. The molecule has 2 aliphatic rings. The van der Waals surface area contributed by atoms with E-state index in [4.69, 9.17) is 9.47 Å². The fraction of sp³-hybridized carbons (Fsp3) is 0.440. The van der Waals surface area contributed by atoms with Gasteiger partial charge in [0.15, 0.2) is 0 Å². The minimum atomic E-state index is -3.71. The van der Waals surface area contributed by atoms with E-state index in [1.54, 1.807) is 44.2 Å². The lowest BCUT2D eigenvalue weighted by Crippen LogP contribution is -2.65. The molecule has 0 aliphatic carbocycles. The second-order valence-electron chi connectivity index (χ2n) is 8.83. The number of fused-ring (bicyclic) bond motifs is 2. The van der Waals surface area contributed by atoms with E-state index in [0.717, 1.165) is 5.56 Å². The number of piperazine rings is 1. The lowest BCUT2D eigenvalue weighted by atomic mass is 10.1. The lowest BCUT2D eigenvalue weighted by Gasteiger charge is -2.50. The summed E-state index contributed by atoms with van der Waals surface area (Å²) in [5, 5.41) is 0. The molecule has 2 aromatic carbocycles. The van der Waals surface area contributed by atoms with Crippen LogP contribution < -0.4 is 0 Å². The van der Waals surface area contributed by atoms with Crippen molar-refractivity contribution in [2.24, 2.45) is 0 Å². The second kappa shape index (κ2) is 10.7. The van der Waals surface area contributed by atoms with Gasteiger partial charge >= 0.3 is 11.4 Å². The van der Waals surface area contributed by atoms with Gasteiger partial charge in [0.1, 0.15) is 0 Å². The van der Waals surface area contributed by atoms with Gasteiger partial charge in [-0.15, -0.1) is 0 Å². The normalized spacial score (nSPS) is 22.3. The molecule has 2 atom stereocenters. The Kier molecular flexibility index (Phi) is 7.91. The Balaban J connectivity index is 1.70. The highest BCUT2D eigenvalue weighted by Gasteiger charge is 2.66. The zero-order chi connectivity index (χ0) is 25.1. The van der Waals surface area contributed by atoms with Crippen molar-refractivity contribution in [1.29, 1.82) is 0 Å². The molecule has 0 spiro atoms. The first-order valence-electron chi connectivity index (χ1n) is 11.9. The van der Waals surface area contributed by atoms with Crippen molar-refractivity contribution in [1.82, 2.24) is 9.21 Å². The first kappa shape index (κ1) is 25.8. The Labute approximate surface area is 207 Å². The molecule has 35 heavy (non-hydrogen) atoms. The second-order valence-corrected chi connectivity index (χ2v) is 14.2. The maximum atomic E-state index is 13.5. The van der Waals surface area contributed by atoms with Crippen LogP contribution in [0.4, 0.5) is 9.59 Å². The van der Waals surface area contributed by atoms with Crippen LogP contribution in [0.2, 0.25) is 0 Å². The Morgan fingerprint density at radius 3 is 1.83 bits per heavy atom. The van der Waals surface area contributed by atoms with Crippen LogP contribution >= 0.6 is 7.26 Å². The molecule has 0 amide bonds. The summed E-state index contributed by atoms with van der Waals surface area (Å²) >= 11 is 0. The molecule has 0 radical (unpaired) electrons. The van der Waals surface area contributed by atoms with Gasteiger partial charge in [-0.05, 0) is 31.5 Å². The summed E-state index contributed by atoms with van der Waals surface area (Å²) < 4.78 is 39.2. The minimum Gasteiger partial charge on any atom is -0.436 e. The molecule has 0 N–H and O–H groups in total. The van der Waals surface area contributed by atoms with E-state index >= 15 is 0 Å². The monoisotopic (exact) mass is 519 g/mol. The first-order valence-corrected chi connectivity index (χ1v) is 15.5. The van der Waals surface area contributed by atoms with Crippen molar-refractivity contribution in [3.8, 4) is 0 Å². The van der Waals surface area contributed by atoms with E-state index in [0.29, 0.717) is 6.54 Å². The predicted molar refractivity (Wildman–Crippen MR) is 135 cm³/mol. The summed E-state index contributed by atoms with van der Waals surface area (Å²) in [5.41, 5.74) is 0.138. The molecule has 4 rings (SSSR count). The van der Waals surface area contributed by atoms with Crippen molar-refractivity contribution in [2.75, 3.05) is 38.6 Å². The van der Waals surface area contributed by atoms with Crippen LogP contribution in [0.3, 0.4) is 0 Å². The van der Waals surface area contributed by atoms with E-state index in [9.17, 15) is 18.0 Å². The minimum absolute atomic E-state index is 0.178. The highest BCUT2D eigenvalue weighted by atomic mass is 32.2. The van der Waals surface area contributed by atoms with Crippen molar-refractivity contribution in [2.45, 2.75) is 37.4 Å². The molecule has 10 heteroatoms. The van der Waals surface area contributed by atoms with Gasteiger partial charge in [0, 0.05) is 19.6 Å². The number of hydrogen-bond acceptors (Lipinski definition) is 7. The molecule has 2 unspecified atom stereocenters. The third-order valence-corrected chi connectivity index (χ3v) is 12.2. The average Bonchev–Trinajstić information content (AvgIpc) is 2.85. The van der Waals surface area contributed by atoms with Crippen molar-refractivity contribution < 1.29 is 27.5 Å². The molecule has 2 saturated heterocycles. The number of carbonyl (C=O) groups excluding carboxylic acids is 2. The molecule has 0 saturated carbocycles. The molecular formula is C25H32N2O6PS+. The van der Waals surface area contributed by atoms with Gasteiger partial charge in [0.2, 0.25) is 17.3 Å². The zero-order valence-electron chi connectivity index (χ0n) is 20.1. The first-order chi connectivity index (χ1) is 16.8. The maximum Gasteiger partial charge on any atom is 0.463 e.